The van der Waals surface area contributed by atoms with Crippen LogP contribution in [0.25, 0.3) is 0 Å². The van der Waals surface area contributed by atoms with Crippen LogP contribution in [0.1, 0.15) is 27.2 Å². The molecule has 0 amide bonds. The van der Waals surface area contributed by atoms with Gasteiger partial charge >= 0.3 is 0 Å². The van der Waals surface area contributed by atoms with Gasteiger partial charge in [0.1, 0.15) is 0 Å². The Bertz CT molecular complexity index is 139. The van der Waals surface area contributed by atoms with Crippen molar-refractivity contribution >= 4 is 0 Å². The van der Waals surface area contributed by atoms with Gasteiger partial charge in [0.05, 0.1) is 0 Å². The quantitative estimate of drug-likeness (QED) is 0.671. The van der Waals surface area contributed by atoms with Crippen LogP contribution in [0.2, 0.25) is 0 Å². The number of likely N-dealkylation sites (N-methyl/N-ethyl adjacent to an activating group) is 1. The van der Waals surface area contributed by atoms with Crippen LogP contribution in [0, 0.1) is 0 Å². The standard InChI is InChI=1S/C9H18N2.C2H6/c1-8(2)4-5-11(3)9-6-10-7-9;1-2/h9-10H,1,4-7H2,2-3H3;1-2H3. The maximum Gasteiger partial charge on any atom is 0.0342 e. The summed E-state index contributed by atoms with van der Waals surface area (Å²) in [5.41, 5.74) is 1.28. The molecule has 0 aromatic rings. The van der Waals surface area contributed by atoms with Crippen molar-refractivity contribution in [3.8, 4) is 0 Å². The first-order chi connectivity index (χ1) is 6.20. The maximum absolute atomic E-state index is 3.89. The smallest absolute Gasteiger partial charge is 0.0342 e. The van der Waals surface area contributed by atoms with Crippen molar-refractivity contribution in [2.45, 2.75) is 33.2 Å². The second-order valence-electron chi connectivity index (χ2n) is 3.50. The molecule has 0 saturated carbocycles. The number of nitrogens with one attached hydrogen (secondary N) is 1. The van der Waals surface area contributed by atoms with Gasteiger partial charge in [0, 0.05) is 25.7 Å². The lowest BCUT2D eigenvalue weighted by Crippen LogP contribution is -2.56. The fourth-order valence-corrected chi connectivity index (χ4v) is 1.13. The lowest BCUT2D eigenvalue weighted by Gasteiger charge is -2.35. The molecule has 0 atom stereocenters. The zero-order valence-corrected chi connectivity index (χ0v) is 9.56. The highest BCUT2D eigenvalue weighted by atomic mass is 15.2. The van der Waals surface area contributed by atoms with Gasteiger partial charge in [-0.05, 0) is 20.4 Å². The molecule has 1 aliphatic rings. The number of rotatable bonds is 4. The lowest BCUT2D eigenvalue weighted by molar-refractivity contribution is 0.182. The van der Waals surface area contributed by atoms with E-state index in [0.717, 1.165) is 32.1 Å². The molecular formula is C11H24N2. The second-order valence-corrected chi connectivity index (χ2v) is 3.50. The molecule has 0 bridgehead atoms. The van der Waals surface area contributed by atoms with Gasteiger partial charge in [-0.3, -0.25) is 0 Å². The molecule has 2 nitrogen and oxygen atoms in total. The molecule has 0 radical (unpaired) electrons. The summed E-state index contributed by atoms with van der Waals surface area (Å²) in [7, 11) is 2.19. The Labute approximate surface area is 83.0 Å². The number of nitrogens with zero attached hydrogens (tertiary/aromatic N) is 1. The molecule has 1 rings (SSSR count). The number of hydrogen-bond donors (Lipinski definition) is 1. The van der Waals surface area contributed by atoms with E-state index in [1.54, 1.807) is 0 Å². The van der Waals surface area contributed by atoms with Crippen molar-refractivity contribution in [3.63, 3.8) is 0 Å². The van der Waals surface area contributed by atoms with E-state index in [0.29, 0.717) is 0 Å². The van der Waals surface area contributed by atoms with Gasteiger partial charge in [0.25, 0.3) is 0 Å². The molecule has 13 heavy (non-hydrogen) atoms. The van der Waals surface area contributed by atoms with Gasteiger partial charge < -0.3 is 10.2 Å². The first-order valence-electron chi connectivity index (χ1n) is 5.25. The van der Waals surface area contributed by atoms with Gasteiger partial charge in [0.2, 0.25) is 0 Å². The Balaban J connectivity index is 0.000000671. The summed E-state index contributed by atoms with van der Waals surface area (Å²) in [4.78, 5) is 2.41. The van der Waals surface area contributed by atoms with E-state index >= 15 is 0 Å². The molecule has 0 aliphatic carbocycles. The van der Waals surface area contributed by atoms with Crippen molar-refractivity contribution in [1.82, 2.24) is 10.2 Å². The van der Waals surface area contributed by atoms with Crippen molar-refractivity contribution in [2.75, 3.05) is 26.7 Å². The Morgan fingerprint density at radius 2 is 2.00 bits per heavy atom. The molecule has 0 aromatic carbocycles. The normalized spacial score (nSPS) is 16.1. The summed E-state index contributed by atoms with van der Waals surface area (Å²) in [5, 5.41) is 3.27. The molecule has 0 unspecified atom stereocenters. The van der Waals surface area contributed by atoms with Gasteiger partial charge in [0.15, 0.2) is 0 Å². The van der Waals surface area contributed by atoms with Crippen LogP contribution >= 0.6 is 0 Å². The average molecular weight is 184 g/mol. The van der Waals surface area contributed by atoms with Gasteiger partial charge in [-0.2, -0.15) is 0 Å². The van der Waals surface area contributed by atoms with Crippen molar-refractivity contribution in [1.29, 1.82) is 0 Å². The summed E-state index contributed by atoms with van der Waals surface area (Å²) >= 11 is 0. The monoisotopic (exact) mass is 184 g/mol. The lowest BCUT2D eigenvalue weighted by atomic mass is 10.1. The minimum atomic E-state index is 0.773. The Hall–Kier alpha value is -0.340. The van der Waals surface area contributed by atoms with Gasteiger partial charge in [-0.1, -0.05) is 19.4 Å². The Morgan fingerprint density at radius 3 is 2.31 bits per heavy atom. The largest absolute Gasteiger partial charge is 0.314 e. The summed E-state index contributed by atoms with van der Waals surface area (Å²) in [6.07, 6.45) is 1.13. The number of hydrogen-bond acceptors (Lipinski definition) is 2. The average Bonchev–Trinajstić information content (AvgIpc) is 2.01. The van der Waals surface area contributed by atoms with E-state index in [9.17, 15) is 0 Å². The predicted octanol–water partition coefficient (Wildman–Crippen LogP) is 1.88. The summed E-state index contributed by atoms with van der Waals surface area (Å²) < 4.78 is 0. The highest BCUT2D eigenvalue weighted by Gasteiger charge is 2.20. The molecule has 1 heterocycles. The minimum Gasteiger partial charge on any atom is -0.314 e. The summed E-state index contributed by atoms with van der Waals surface area (Å²) in [6.45, 7) is 13.5. The van der Waals surface area contributed by atoms with E-state index in [4.69, 9.17) is 0 Å². The van der Waals surface area contributed by atoms with E-state index in [1.807, 2.05) is 13.8 Å². The predicted molar refractivity (Wildman–Crippen MR) is 60.1 cm³/mol. The van der Waals surface area contributed by atoms with Crippen LogP contribution in [0.3, 0.4) is 0 Å². The van der Waals surface area contributed by atoms with E-state index in [1.165, 1.54) is 5.57 Å². The third-order valence-electron chi connectivity index (χ3n) is 2.27. The molecule has 0 spiro atoms. The first-order valence-corrected chi connectivity index (χ1v) is 5.25. The third-order valence-corrected chi connectivity index (χ3v) is 2.27. The van der Waals surface area contributed by atoms with E-state index in [2.05, 4.69) is 30.8 Å². The van der Waals surface area contributed by atoms with Crippen molar-refractivity contribution in [2.24, 2.45) is 0 Å². The molecule has 78 valence electrons. The molecule has 1 saturated heterocycles. The first kappa shape index (κ1) is 12.7. The molecule has 1 aliphatic heterocycles. The molecule has 2 heteroatoms. The Morgan fingerprint density at radius 1 is 1.46 bits per heavy atom. The highest BCUT2D eigenvalue weighted by Crippen LogP contribution is 2.04. The van der Waals surface area contributed by atoms with Crippen LogP contribution in [-0.4, -0.2) is 37.6 Å². The highest BCUT2D eigenvalue weighted by molar-refractivity contribution is 4.90. The minimum absolute atomic E-state index is 0.773. The third kappa shape index (κ3) is 5.06. The Kier molecular flexibility index (Phi) is 6.92. The van der Waals surface area contributed by atoms with Gasteiger partial charge in [-0.15, -0.1) is 6.58 Å². The van der Waals surface area contributed by atoms with Crippen LogP contribution in [0.15, 0.2) is 12.2 Å². The van der Waals surface area contributed by atoms with Crippen LogP contribution in [0.5, 0.6) is 0 Å². The maximum atomic E-state index is 3.89. The summed E-state index contributed by atoms with van der Waals surface area (Å²) in [5.74, 6) is 0. The van der Waals surface area contributed by atoms with Gasteiger partial charge in [-0.25, -0.2) is 0 Å². The summed E-state index contributed by atoms with van der Waals surface area (Å²) in [6, 6.07) is 0.773. The molecule has 0 aromatic heterocycles. The van der Waals surface area contributed by atoms with Crippen molar-refractivity contribution < 1.29 is 0 Å². The fourth-order valence-electron chi connectivity index (χ4n) is 1.13. The second kappa shape index (κ2) is 7.10. The van der Waals surface area contributed by atoms with Crippen LogP contribution < -0.4 is 5.32 Å². The molecular weight excluding hydrogens is 160 g/mol. The fraction of sp³-hybridized carbons (Fsp3) is 0.818. The van der Waals surface area contributed by atoms with Crippen LogP contribution in [-0.2, 0) is 0 Å². The van der Waals surface area contributed by atoms with Crippen molar-refractivity contribution in [3.05, 3.63) is 12.2 Å². The molecule has 1 fully saturated rings. The van der Waals surface area contributed by atoms with Crippen LogP contribution in [0.4, 0.5) is 0 Å². The zero-order valence-electron chi connectivity index (χ0n) is 9.56. The van der Waals surface area contributed by atoms with E-state index < -0.39 is 0 Å². The SMILES string of the molecule is C=C(C)CCN(C)C1CNC1.CC. The molecule has 1 N–H and O–H groups in total. The zero-order chi connectivity index (χ0) is 10.3. The van der Waals surface area contributed by atoms with E-state index in [-0.39, 0.29) is 0 Å². The topological polar surface area (TPSA) is 15.3 Å².